The highest BCUT2D eigenvalue weighted by Crippen LogP contribution is 2.36. The van der Waals surface area contributed by atoms with Crippen LogP contribution >= 0.6 is 11.6 Å². The second kappa shape index (κ2) is 10.2. The van der Waals surface area contributed by atoms with E-state index >= 15 is 0 Å². The molecular weight excluding hydrogens is 488 g/mol. The lowest BCUT2D eigenvalue weighted by Gasteiger charge is -2.28. The number of guanidine groups is 1. The third-order valence-corrected chi connectivity index (χ3v) is 6.55. The second-order valence-corrected chi connectivity index (χ2v) is 8.95. The average Bonchev–Trinajstić information content (AvgIpc) is 3.20. The lowest BCUT2D eigenvalue weighted by molar-refractivity contribution is -0.130. The van der Waals surface area contributed by atoms with E-state index in [1.807, 2.05) is 60.7 Å². The Kier molecular flexibility index (Phi) is 6.66. The van der Waals surface area contributed by atoms with Gasteiger partial charge in [0.1, 0.15) is 0 Å². The van der Waals surface area contributed by atoms with Crippen LogP contribution in [0.25, 0.3) is 0 Å². The Morgan fingerprint density at radius 1 is 1.00 bits per heavy atom. The summed E-state index contributed by atoms with van der Waals surface area (Å²) in [6.07, 6.45) is 4.68. The standard InChI is InChI=1S/C28H23ClN6O2/c29-24-12-11-19(15-23(24)25(36)33-17-22-16-31-13-14-32-22)18-35-26(37)28(34-27(35)30,20-7-3-1-4-8-20)21-9-5-2-6-10-21/h1-16H,17-18H2,(H2,30,34)(H,33,36). The zero-order valence-electron chi connectivity index (χ0n) is 19.7. The van der Waals surface area contributed by atoms with Crippen molar-refractivity contribution >= 4 is 29.4 Å². The summed E-state index contributed by atoms with van der Waals surface area (Å²) < 4.78 is 0. The quantitative estimate of drug-likeness (QED) is 0.349. The molecule has 0 bridgehead atoms. The van der Waals surface area contributed by atoms with Gasteiger partial charge in [0.2, 0.25) is 0 Å². The van der Waals surface area contributed by atoms with Gasteiger partial charge in [0, 0.05) is 12.4 Å². The highest BCUT2D eigenvalue weighted by atomic mass is 35.5. The van der Waals surface area contributed by atoms with Crippen molar-refractivity contribution in [3.8, 4) is 0 Å². The molecule has 0 spiro atoms. The highest BCUT2D eigenvalue weighted by Gasteiger charge is 2.52. The third kappa shape index (κ3) is 4.66. The van der Waals surface area contributed by atoms with Crippen LogP contribution in [-0.4, -0.2) is 32.6 Å². The van der Waals surface area contributed by atoms with Crippen LogP contribution in [0, 0.1) is 5.41 Å². The number of nitrogens with one attached hydrogen (secondary N) is 3. The topological polar surface area (TPSA) is 111 Å². The van der Waals surface area contributed by atoms with Gasteiger partial charge in [-0.3, -0.25) is 29.9 Å². The molecule has 9 heteroatoms. The summed E-state index contributed by atoms with van der Waals surface area (Å²) in [5, 5.41) is 14.9. The summed E-state index contributed by atoms with van der Waals surface area (Å²) in [4.78, 5) is 36.4. The minimum absolute atomic E-state index is 0.0266. The fourth-order valence-corrected chi connectivity index (χ4v) is 4.61. The molecule has 184 valence electrons. The van der Waals surface area contributed by atoms with Crippen molar-refractivity contribution in [1.82, 2.24) is 25.5 Å². The number of aromatic nitrogens is 2. The van der Waals surface area contributed by atoms with Crippen LogP contribution in [0.15, 0.2) is 97.5 Å². The fraction of sp³-hybridized carbons (Fsp3) is 0.107. The first-order chi connectivity index (χ1) is 18.0. The van der Waals surface area contributed by atoms with Gasteiger partial charge in [-0.15, -0.1) is 0 Å². The summed E-state index contributed by atoms with van der Waals surface area (Å²) in [6.45, 7) is 0.288. The Bertz CT molecular complexity index is 1410. The van der Waals surface area contributed by atoms with Crippen molar-refractivity contribution < 1.29 is 9.59 Å². The lowest BCUT2D eigenvalue weighted by Crippen LogP contribution is -2.45. The number of carbonyl (C=O) groups is 2. The molecule has 1 fully saturated rings. The monoisotopic (exact) mass is 510 g/mol. The smallest absolute Gasteiger partial charge is 0.264 e. The summed E-state index contributed by atoms with van der Waals surface area (Å²) in [5.41, 5.74) is 1.78. The molecule has 3 aromatic carbocycles. The molecule has 0 atom stereocenters. The van der Waals surface area contributed by atoms with E-state index in [1.54, 1.807) is 36.8 Å². The Labute approximate surface area is 218 Å². The van der Waals surface area contributed by atoms with Crippen molar-refractivity contribution in [1.29, 1.82) is 5.41 Å². The van der Waals surface area contributed by atoms with E-state index in [0.29, 0.717) is 11.3 Å². The van der Waals surface area contributed by atoms with E-state index in [-0.39, 0.29) is 41.4 Å². The number of halogens is 1. The number of benzene rings is 3. The van der Waals surface area contributed by atoms with Crippen molar-refractivity contribution in [2.75, 3.05) is 0 Å². The van der Waals surface area contributed by atoms with Crippen LogP contribution in [0.2, 0.25) is 5.02 Å². The van der Waals surface area contributed by atoms with Crippen LogP contribution in [0.3, 0.4) is 0 Å². The number of rotatable bonds is 7. The number of hydrogen-bond donors (Lipinski definition) is 3. The minimum atomic E-state index is -1.23. The molecule has 4 aromatic rings. The number of amides is 2. The van der Waals surface area contributed by atoms with Gasteiger partial charge in [-0.25, -0.2) is 0 Å². The third-order valence-electron chi connectivity index (χ3n) is 6.22. The van der Waals surface area contributed by atoms with Crippen molar-refractivity contribution in [2.24, 2.45) is 0 Å². The molecule has 3 N–H and O–H groups in total. The van der Waals surface area contributed by atoms with E-state index in [1.165, 1.54) is 4.90 Å². The summed E-state index contributed by atoms with van der Waals surface area (Å²) in [6, 6.07) is 23.7. The number of carbonyl (C=O) groups excluding carboxylic acids is 2. The molecule has 1 saturated heterocycles. The minimum Gasteiger partial charge on any atom is -0.346 e. The zero-order chi connectivity index (χ0) is 25.8. The maximum atomic E-state index is 14.0. The van der Waals surface area contributed by atoms with Crippen molar-refractivity contribution in [2.45, 2.75) is 18.6 Å². The molecule has 1 aromatic heterocycles. The first-order valence-electron chi connectivity index (χ1n) is 11.6. The molecule has 2 heterocycles. The van der Waals surface area contributed by atoms with Crippen LogP contribution < -0.4 is 10.6 Å². The second-order valence-electron chi connectivity index (χ2n) is 8.54. The summed E-state index contributed by atoms with van der Waals surface area (Å²) >= 11 is 6.33. The molecule has 8 nitrogen and oxygen atoms in total. The largest absolute Gasteiger partial charge is 0.346 e. The molecule has 1 aliphatic rings. The van der Waals surface area contributed by atoms with Gasteiger partial charge in [0.15, 0.2) is 11.5 Å². The Morgan fingerprint density at radius 3 is 2.30 bits per heavy atom. The Balaban J connectivity index is 1.42. The molecular formula is C28H23ClN6O2. The maximum Gasteiger partial charge on any atom is 0.264 e. The number of nitrogens with zero attached hydrogens (tertiary/aromatic N) is 3. The van der Waals surface area contributed by atoms with Gasteiger partial charge in [-0.05, 0) is 28.8 Å². The van der Waals surface area contributed by atoms with Crippen LogP contribution in [-0.2, 0) is 23.4 Å². The molecule has 2 amide bonds. The van der Waals surface area contributed by atoms with E-state index < -0.39 is 5.54 Å². The molecule has 0 radical (unpaired) electrons. The zero-order valence-corrected chi connectivity index (χ0v) is 20.4. The SMILES string of the molecule is N=C1NC(c2ccccc2)(c2ccccc2)C(=O)N1Cc1ccc(Cl)c(C(=O)NCc2cnccn2)c1. The normalized spacial score (nSPS) is 14.4. The molecule has 0 saturated carbocycles. The van der Waals surface area contributed by atoms with Gasteiger partial charge in [-0.2, -0.15) is 0 Å². The fourth-order valence-electron chi connectivity index (χ4n) is 4.40. The van der Waals surface area contributed by atoms with Gasteiger partial charge in [0.05, 0.1) is 35.6 Å². The van der Waals surface area contributed by atoms with Gasteiger partial charge in [-0.1, -0.05) is 78.3 Å². The van der Waals surface area contributed by atoms with Crippen molar-refractivity contribution in [3.05, 3.63) is 130 Å². The van der Waals surface area contributed by atoms with E-state index in [4.69, 9.17) is 17.0 Å². The van der Waals surface area contributed by atoms with Crippen LogP contribution in [0.1, 0.15) is 32.7 Å². The average molecular weight is 511 g/mol. The lowest BCUT2D eigenvalue weighted by atomic mass is 9.82. The Morgan fingerprint density at radius 2 is 1.68 bits per heavy atom. The maximum absolute atomic E-state index is 14.0. The van der Waals surface area contributed by atoms with Gasteiger partial charge in [0.25, 0.3) is 11.8 Å². The number of hydrogen-bond acceptors (Lipinski definition) is 5. The first-order valence-corrected chi connectivity index (χ1v) is 12.0. The van der Waals surface area contributed by atoms with E-state index in [9.17, 15) is 9.59 Å². The molecule has 0 aliphatic carbocycles. The molecule has 1 aliphatic heterocycles. The van der Waals surface area contributed by atoms with Crippen LogP contribution in [0.5, 0.6) is 0 Å². The highest BCUT2D eigenvalue weighted by molar-refractivity contribution is 6.33. The van der Waals surface area contributed by atoms with Crippen LogP contribution in [0.4, 0.5) is 0 Å². The molecule has 5 rings (SSSR count). The van der Waals surface area contributed by atoms with Gasteiger partial charge >= 0.3 is 0 Å². The summed E-state index contributed by atoms with van der Waals surface area (Å²) in [7, 11) is 0. The predicted octanol–water partition coefficient (Wildman–Crippen LogP) is 3.87. The predicted molar refractivity (Wildman–Crippen MR) is 140 cm³/mol. The van der Waals surface area contributed by atoms with E-state index in [2.05, 4.69) is 20.6 Å². The Hall–Kier alpha value is -4.56. The van der Waals surface area contributed by atoms with E-state index in [0.717, 1.165) is 11.1 Å². The molecule has 37 heavy (non-hydrogen) atoms. The van der Waals surface area contributed by atoms with Gasteiger partial charge < -0.3 is 10.6 Å². The van der Waals surface area contributed by atoms with Crippen molar-refractivity contribution in [3.63, 3.8) is 0 Å². The first kappa shape index (κ1) is 24.1. The summed E-state index contributed by atoms with van der Waals surface area (Å²) in [5.74, 6) is -0.679. The molecule has 0 unspecified atom stereocenters.